The highest BCUT2D eigenvalue weighted by atomic mass is 35.5. The van der Waals surface area contributed by atoms with Crippen molar-refractivity contribution in [1.29, 1.82) is 0 Å². The molecule has 0 aliphatic heterocycles. The fourth-order valence-corrected chi connectivity index (χ4v) is 3.67. The summed E-state index contributed by atoms with van der Waals surface area (Å²) in [4.78, 5) is 0. The molecule has 2 nitrogen and oxygen atoms in total. The Hall–Kier alpha value is -0.150. The standard InChI is InChI=1S/C11H17ClN2S/c1-11(2)6-4-3-5-8(11)10-14-13-9(7-12)15-10/h8H,3-7H2,1-2H3. The highest BCUT2D eigenvalue weighted by molar-refractivity contribution is 7.11. The Labute approximate surface area is 100 Å². The second-order valence-electron chi connectivity index (χ2n) is 4.95. The lowest BCUT2D eigenvalue weighted by atomic mass is 9.69. The van der Waals surface area contributed by atoms with Crippen LogP contribution in [-0.2, 0) is 5.88 Å². The summed E-state index contributed by atoms with van der Waals surface area (Å²) in [5, 5.41) is 10.5. The van der Waals surface area contributed by atoms with Crippen LogP contribution in [0.5, 0.6) is 0 Å². The van der Waals surface area contributed by atoms with Crippen molar-refractivity contribution in [2.45, 2.75) is 51.3 Å². The van der Waals surface area contributed by atoms with Crippen LogP contribution < -0.4 is 0 Å². The summed E-state index contributed by atoms with van der Waals surface area (Å²) in [6, 6.07) is 0. The fourth-order valence-electron chi connectivity index (χ4n) is 2.41. The summed E-state index contributed by atoms with van der Waals surface area (Å²) in [5.41, 5.74) is 0.376. The molecule has 1 saturated carbocycles. The fraction of sp³-hybridized carbons (Fsp3) is 0.818. The van der Waals surface area contributed by atoms with E-state index in [1.54, 1.807) is 11.3 Å². The zero-order valence-corrected chi connectivity index (χ0v) is 10.9. The number of halogens is 1. The summed E-state index contributed by atoms with van der Waals surface area (Å²) >= 11 is 7.45. The van der Waals surface area contributed by atoms with E-state index in [1.165, 1.54) is 30.7 Å². The molecule has 0 radical (unpaired) electrons. The largest absolute Gasteiger partial charge is 0.143 e. The number of hydrogen-bond acceptors (Lipinski definition) is 3. The molecular weight excluding hydrogens is 228 g/mol. The highest BCUT2D eigenvalue weighted by Gasteiger charge is 2.35. The molecule has 0 saturated heterocycles. The van der Waals surface area contributed by atoms with Gasteiger partial charge in [0.05, 0.1) is 5.88 Å². The van der Waals surface area contributed by atoms with Gasteiger partial charge in [0.1, 0.15) is 10.0 Å². The van der Waals surface area contributed by atoms with Crippen LogP contribution in [0, 0.1) is 5.41 Å². The van der Waals surface area contributed by atoms with Crippen LogP contribution in [0.1, 0.15) is 55.5 Å². The minimum absolute atomic E-state index is 0.376. The first-order valence-corrected chi connectivity index (χ1v) is 6.87. The van der Waals surface area contributed by atoms with Crippen LogP contribution >= 0.6 is 22.9 Å². The minimum atomic E-state index is 0.376. The Balaban J connectivity index is 2.21. The molecular formula is C11H17ClN2S. The molecule has 1 aromatic rings. The molecule has 1 atom stereocenters. The summed E-state index contributed by atoms with van der Waals surface area (Å²) in [6.45, 7) is 4.69. The van der Waals surface area contributed by atoms with Gasteiger partial charge in [-0.15, -0.1) is 21.8 Å². The Morgan fingerprint density at radius 2 is 2.20 bits per heavy atom. The van der Waals surface area contributed by atoms with Crippen LogP contribution in [-0.4, -0.2) is 10.2 Å². The van der Waals surface area contributed by atoms with E-state index in [9.17, 15) is 0 Å². The van der Waals surface area contributed by atoms with Gasteiger partial charge in [-0.3, -0.25) is 0 Å². The molecule has 1 aromatic heterocycles. The normalized spacial score (nSPS) is 25.4. The average Bonchev–Trinajstić information content (AvgIpc) is 2.65. The van der Waals surface area contributed by atoms with Gasteiger partial charge in [-0.1, -0.05) is 38.0 Å². The van der Waals surface area contributed by atoms with Gasteiger partial charge in [0.2, 0.25) is 0 Å². The highest BCUT2D eigenvalue weighted by Crippen LogP contribution is 2.47. The third-order valence-electron chi connectivity index (χ3n) is 3.40. The molecule has 84 valence electrons. The van der Waals surface area contributed by atoms with Gasteiger partial charge < -0.3 is 0 Å². The molecule has 15 heavy (non-hydrogen) atoms. The lowest BCUT2D eigenvalue weighted by Crippen LogP contribution is -2.25. The van der Waals surface area contributed by atoms with E-state index < -0.39 is 0 Å². The van der Waals surface area contributed by atoms with Crippen molar-refractivity contribution in [3.8, 4) is 0 Å². The maximum absolute atomic E-state index is 5.76. The van der Waals surface area contributed by atoms with E-state index in [-0.39, 0.29) is 0 Å². The first kappa shape index (κ1) is 11.3. The Kier molecular flexibility index (Phi) is 3.31. The first-order valence-electron chi connectivity index (χ1n) is 5.52. The van der Waals surface area contributed by atoms with Crippen LogP contribution in [0.15, 0.2) is 0 Å². The number of nitrogens with zero attached hydrogens (tertiary/aromatic N) is 2. The van der Waals surface area contributed by atoms with Crippen molar-refractivity contribution in [2.24, 2.45) is 5.41 Å². The maximum atomic E-state index is 5.76. The zero-order chi connectivity index (χ0) is 10.9. The van der Waals surface area contributed by atoms with Crippen LogP contribution in [0.2, 0.25) is 0 Å². The SMILES string of the molecule is CC1(C)CCCCC1c1nnc(CCl)s1. The predicted molar refractivity (Wildman–Crippen MR) is 64.5 cm³/mol. The average molecular weight is 245 g/mol. The lowest BCUT2D eigenvalue weighted by Gasteiger charge is -2.37. The zero-order valence-electron chi connectivity index (χ0n) is 9.29. The molecule has 1 aliphatic carbocycles. The van der Waals surface area contributed by atoms with Gasteiger partial charge in [0.25, 0.3) is 0 Å². The van der Waals surface area contributed by atoms with E-state index in [0.29, 0.717) is 17.2 Å². The maximum Gasteiger partial charge on any atom is 0.132 e. The van der Waals surface area contributed by atoms with Gasteiger partial charge in [0.15, 0.2) is 0 Å². The Morgan fingerprint density at radius 3 is 2.80 bits per heavy atom. The third kappa shape index (κ3) is 2.34. The predicted octanol–water partition coefficient (Wildman–Crippen LogP) is 3.96. The monoisotopic (exact) mass is 244 g/mol. The van der Waals surface area contributed by atoms with Crippen molar-refractivity contribution in [3.05, 3.63) is 10.0 Å². The quantitative estimate of drug-likeness (QED) is 0.736. The number of aromatic nitrogens is 2. The van der Waals surface area contributed by atoms with E-state index in [0.717, 1.165) is 5.01 Å². The number of hydrogen-bond donors (Lipinski definition) is 0. The molecule has 0 N–H and O–H groups in total. The van der Waals surface area contributed by atoms with Gasteiger partial charge in [-0.05, 0) is 18.3 Å². The van der Waals surface area contributed by atoms with Crippen molar-refractivity contribution in [2.75, 3.05) is 0 Å². The molecule has 4 heteroatoms. The Bertz CT molecular complexity index is 335. The van der Waals surface area contributed by atoms with E-state index >= 15 is 0 Å². The molecule has 2 rings (SSSR count). The smallest absolute Gasteiger partial charge is 0.132 e. The van der Waals surface area contributed by atoms with Crippen LogP contribution in [0.4, 0.5) is 0 Å². The van der Waals surface area contributed by atoms with Gasteiger partial charge in [-0.25, -0.2) is 0 Å². The molecule has 1 fully saturated rings. The summed E-state index contributed by atoms with van der Waals surface area (Å²) in [6.07, 6.45) is 5.23. The molecule has 1 heterocycles. The summed E-state index contributed by atoms with van der Waals surface area (Å²) in [5.74, 6) is 1.07. The van der Waals surface area contributed by atoms with Crippen molar-refractivity contribution in [1.82, 2.24) is 10.2 Å². The van der Waals surface area contributed by atoms with Gasteiger partial charge in [-0.2, -0.15) is 0 Å². The number of alkyl halides is 1. The summed E-state index contributed by atoms with van der Waals surface area (Å²) < 4.78 is 0. The minimum Gasteiger partial charge on any atom is -0.143 e. The second-order valence-corrected chi connectivity index (χ2v) is 6.32. The van der Waals surface area contributed by atoms with E-state index in [1.807, 2.05) is 0 Å². The van der Waals surface area contributed by atoms with E-state index in [2.05, 4.69) is 24.0 Å². The summed E-state index contributed by atoms with van der Waals surface area (Å²) in [7, 11) is 0. The molecule has 0 bridgehead atoms. The van der Waals surface area contributed by atoms with Gasteiger partial charge >= 0.3 is 0 Å². The van der Waals surface area contributed by atoms with Crippen LogP contribution in [0.3, 0.4) is 0 Å². The van der Waals surface area contributed by atoms with Crippen molar-refractivity contribution >= 4 is 22.9 Å². The van der Waals surface area contributed by atoms with E-state index in [4.69, 9.17) is 11.6 Å². The second kappa shape index (κ2) is 4.38. The van der Waals surface area contributed by atoms with Crippen molar-refractivity contribution < 1.29 is 0 Å². The topological polar surface area (TPSA) is 25.8 Å². The lowest BCUT2D eigenvalue weighted by molar-refractivity contribution is 0.198. The first-order chi connectivity index (χ1) is 7.13. The van der Waals surface area contributed by atoms with Gasteiger partial charge in [0, 0.05) is 5.92 Å². The molecule has 0 spiro atoms. The molecule has 0 aromatic carbocycles. The van der Waals surface area contributed by atoms with Crippen molar-refractivity contribution in [3.63, 3.8) is 0 Å². The van der Waals surface area contributed by atoms with Crippen LogP contribution in [0.25, 0.3) is 0 Å². The Morgan fingerprint density at radius 1 is 1.40 bits per heavy atom. The molecule has 1 unspecified atom stereocenters. The number of rotatable bonds is 2. The molecule has 0 amide bonds. The molecule has 1 aliphatic rings. The third-order valence-corrected chi connectivity index (χ3v) is 4.85.